The van der Waals surface area contributed by atoms with Crippen molar-refractivity contribution in [1.29, 1.82) is 0 Å². The van der Waals surface area contributed by atoms with E-state index < -0.39 is 5.54 Å². The van der Waals surface area contributed by atoms with Crippen LogP contribution in [0.5, 0.6) is 0 Å². The van der Waals surface area contributed by atoms with Crippen LogP contribution in [0.15, 0.2) is 29.6 Å². The molecule has 1 heterocycles. The number of aliphatic hydroxyl groups excluding tert-OH is 1. The van der Waals surface area contributed by atoms with Gasteiger partial charge in [-0.3, -0.25) is 4.79 Å². The highest BCUT2D eigenvalue weighted by Crippen LogP contribution is 2.26. The van der Waals surface area contributed by atoms with Gasteiger partial charge in [0.25, 0.3) is 5.91 Å². The minimum atomic E-state index is -0.670. The summed E-state index contributed by atoms with van der Waals surface area (Å²) < 4.78 is 0. The molecule has 0 unspecified atom stereocenters. The lowest BCUT2D eigenvalue weighted by molar-refractivity contribution is 0.0865. The van der Waals surface area contributed by atoms with E-state index in [-0.39, 0.29) is 12.5 Å². The molecular formula is C14H15ClN2O2S. The minimum Gasteiger partial charge on any atom is -0.394 e. The normalized spacial score (nSPS) is 11.4. The summed E-state index contributed by atoms with van der Waals surface area (Å²) in [6, 6.07) is 7.33. The van der Waals surface area contributed by atoms with Crippen LogP contribution in [0.1, 0.15) is 24.3 Å². The average Bonchev–Trinajstić information content (AvgIpc) is 2.88. The van der Waals surface area contributed by atoms with Gasteiger partial charge in [-0.2, -0.15) is 0 Å². The van der Waals surface area contributed by atoms with Crippen molar-refractivity contribution in [3.05, 3.63) is 40.4 Å². The highest BCUT2D eigenvalue weighted by atomic mass is 35.5. The number of benzene rings is 1. The molecule has 0 radical (unpaired) electrons. The Kier molecular flexibility index (Phi) is 4.42. The maximum Gasteiger partial charge on any atom is 0.271 e. The fraction of sp³-hybridized carbons (Fsp3) is 0.286. The van der Waals surface area contributed by atoms with E-state index in [4.69, 9.17) is 16.7 Å². The fourth-order valence-electron chi connectivity index (χ4n) is 1.54. The number of rotatable bonds is 4. The number of carbonyl (C=O) groups excluding carboxylic acids is 1. The second-order valence-corrected chi connectivity index (χ2v) is 6.34. The predicted molar refractivity (Wildman–Crippen MR) is 81.2 cm³/mol. The van der Waals surface area contributed by atoms with Crippen LogP contribution in [0, 0.1) is 0 Å². The van der Waals surface area contributed by atoms with Gasteiger partial charge < -0.3 is 10.4 Å². The monoisotopic (exact) mass is 310 g/mol. The Hall–Kier alpha value is -1.43. The zero-order chi connectivity index (χ0) is 14.8. The summed E-state index contributed by atoms with van der Waals surface area (Å²) in [7, 11) is 0. The van der Waals surface area contributed by atoms with Gasteiger partial charge in [0.05, 0.1) is 12.1 Å². The van der Waals surface area contributed by atoms with Crippen molar-refractivity contribution < 1.29 is 9.90 Å². The van der Waals surface area contributed by atoms with Crippen molar-refractivity contribution in [2.24, 2.45) is 0 Å². The molecule has 0 atom stereocenters. The highest BCUT2D eigenvalue weighted by molar-refractivity contribution is 7.13. The van der Waals surface area contributed by atoms with Crippen molar-refractivity contribution in [3.63, 3.8) is 0 Å². The van der Waals surface area contributed by atoms with Crippen LogP contribution in [-0.4, -0.2) is 28.1 Å². The number of nitrogens with zero attached hydrogens (tertiary/aromatic N) is 1. The van der Waals surface area contributed by atoms with E-state index >= 15 is 0 Å². The molecule has 0 aliphatic carbocycles. The molecule has 2 rings (SSSR count). The Morgan fingerprint density at radius 3 is 2.90 bits per heavy atom. The first-order valence-corrected chi connectivity index (χ1v) is 7.32. The molecule has 1 aromatic heterocycles. The molecule has 2 N–H and O–H groups in total. The summed E-state index contributed by atoms with van der Waals surface area (Å²) in [6.07, 6.45) is 0. The number of aromatic nitrogens is 1. The molecule has 1 aromatic carbocycles. The molecule has 2 aromatic rings. The van der Waals surface area contributed by atoms with E-state index in [0.717, 1.165) is 10.6 Å². The molecule has 0 fully saturated rings. The molecule has 6 heteroatoms. The summed E-state index contributed by atoms with van der Waals surface area (Å²) in [5.41, 5.74) is 0.547. The fourth-order valence-corrected chi connectivity index (χ4v) is 2.53. The van der Waals surface area contributed by atoms with Crippen molar-refractivity contribution >= 4 is 28.8 Å². The molecule has 106 valence electrons. The first kappa shape index (κ1) is 15.0. The molecule has 0 saturated heterocycles. The second kappa shape index (κ2) is 5.91. The van der Waals surface area contributed by atoms with Gasteiger partial charge in [0.1, 0.15) is 10.7 Å². The number of aliphatic hydroxyl groups is 1. The summed E-state index contributed by atoms with van der Waals surface area (Å²) in [5.74, 6) is -0.298. The molecule has 4 nitrogen and oxygen atoms in total. The quantitative estimate of drug-likeness (QED) is 0.912. The van der Waals surface area contributed by atoms with Crippen molar-refractivity contribution in [1.82, 2.24) is 10.3 Å². The van der Waals surface area contributed by atoms with Gasteiger partial charge in [0, 0.05) is 16.0 Å². The Balaban J connectivity index is 2.19. The van der Waals surface area contributed by atoms with E-state index in [9.17, 15) is 4.79 Å². The Bertz CT molecular complexity index is 625. The molecule has 0 bridgehead atoms. The zero-order valence-corrected chi connectivity index (χ0v) is 12.8. The molecule has 0 aliphatic rings. The lowest BCUT2D eigenvalue weighted by Crippen LogP contribution is -2.46. The molecule has 20 heavy (non-hydrogen) atoms. The lowest BCUT2D eigenvalue weighted by Gasteiger charge is -2.22. The second-order valence-electron chi connectivity index (χ2n) is 5.04. The topological polar surface area (TPSA) is 62.2 Å². The molecule has 0 saturated carbocycles. The van der Waals surface area contributed by atoms with E-state index in [1.807, 2.05) is 12.1 Å². The third-order valence-electron chi connectivity index (χ3n) is 2.66. The van der Waals surface area contributed by atoms with Crippen LogP contribution < -0.4 is 5.32 Å². The number of hydrogen-bond donors (Lipinski definition) is 2. The van der Waals surface area contributed by atoms with Crippen LogP contribution in [0.3, 0.4) is 0 Å². The minimum absolute atomic E-state index is 0.135. The van der Waals surface area contributed by atoms with Crippen molar-refractivity contribution in [2.75, 3.05) is 6.61 Å². The zero-order valence-electron chi connectivity index (χ0n) is 11.2. The SMILES string of the molecule is CC(C)(CO)NC(=O)c1csc(-c2cccc(Cl)c2)n1. The standard InChI is InChI=1S/C14H15ClN2O2S/c1-14(2,8-18)17-12(19)11-7-20-13(16-11)9-4-3-5-10(15)6-9/h3-7,18H,8H2,1-2H3,(H,17,19). The van der Waals surface area contributed by atoms with E-state index in [1.165, 1.54) is 11.3 Å². The lowest BCUT2D eigenvalue weighted by atomic mass is 10.1. The number of carbonyl (C=O) groups is 1. The van der Waals surface area contributed by atoms with Gasteiger partial charge in [0.15, 0.2) is 0 Å². The average molecular weight is 311 g/mol. The Morgan fingerprint density at radius 2 is 2.25 bits per heavy atom. The smallest absolute Gasteiger partial charge is 0.271 e. The predicted octanol–water partition coefficient (Wildman–Crippen LogP) is 2.96. The number of nitrogens with one attached hydrogen (secondary N) is 1. The largest absolute Gasteiger partial charge is 0.394 e. The highest BCUT2D eigenvalue weighted by Gasteiger charge is 2.21. The Morgan fingerprint density at radius 1 is 1.50 bits per heavy atom. The number of hydrogen-bond acceptors (Lipinski definition) is 4. The Labute approximate surface area is 126 Å². The maximum absolute atomic E-state index is 12.0. The van der Waals surface area contributed by atoms with Crippen LogP contribution in [-0.2, 0) is 0 Å². The van der Waals surface area contributed by atoms with Crippen molar-refractivity contribution in [3.8, 4) is 10.6 Å². The number of halogens is 1. The summed E-state index contributed by atoms with van der Waals surface area (Å²) in [6.45, 7) is 3.36. The third kappa shape index (κ3) is 3.56. The first-order valence-electron chi connectivity index (χ1n) is 6.06. The number of amides is 1. The molecule has 0 aliphatic heterocycles. The van der Waals surface area contributed by atoms with Crippen LogP contribution in [0.2, 0.25) is 5.02 Å². The maximum atomic E-state index is 12.0. The van der Waals surface area contributed by atoms with Crippen LogP contribution in [0.4, 0.5) is 0 Å². The third-order valence-corrected chi connectivity index (χ3v) is 3.78. The van der Waals surface area contributed by atoms with Gasteiger partial charge in [-0.05, 0) is 26.0 Å². The van der Waals surface area contributed by atoms with E-state index in [0.29, 0.717) is 10.7 Å². The van der Waals surface area contributed by atoms with E-state index in [1.54, 1.807) is 31.4 Å². The van der Waals surface area contributed by atoms with Gasteiger partial charge in [-0.25, -0.2) is 4.98 Å². The van der Waals surface area contributed by atoms with Crippen molar-refractivity contribution in [2.45, 2.75) is 19.4 Å². The van der Waals surface area contributed by atoms with Crippen LogP contribution in [0.25, 0.3) is 10.6 Å². The number of thiazole rings is 1. The van der Waals surface area contributed by atoms with Gasteiger partial charge in [0.2, 0.25) is 0 Å². The molecule has 1 amide bonds. The van der Waals surface area contributed by atoms with Crippen LogP contribution >= 0.6 is 22.9 Å². The molecular weight excluding hydrogens is 296 g/mol. The summed E-state index contributed by atoms with van der Waals surface area (Å²) >= 11 is 7.32. The first-order chi connectivity index (χ1) is 9.41. The summed E-state index contributed by atoms with van der Waals surface area (Å²) in [4.78, 5) is 16.3. The van der Waals surface area contributed by atoms with Gasteiger partial charge in [-0.15, -0.1) is 11.3 Å². The van der Waals surface area contributed by atoms with Gasteiger partial charge >= 0.3 is 0 Å². The van der Waals surface area contributed by atoms with E-state index in [2.05, 4.69) is 10.3 Å². The summed E-state index contributed by atoms with van der Waals surface area (Å²) in [5, 5.41) is 14.9. The van der Waals surface area contributed by atoms with Gasteiger partial charge in [-0.1, -0.05) is 23.7 Å². The molecule has 0 spiro atoms.